The van der Waals surface area contributed by atoms with Crippen molar-refractivity contribution in [1.82, 2.24) is 10.3 Å². The van der Waals surface area contributed by atoms with Gasteiger partial charge in [-0.3, -0.25) is 9.59 Å². The number of hydrazine groups is 1. The maximum Gasteiger partial charge on any atom is 0.252 e. The zero-order valence-corrected chi connectivity index (χ0v) is 9.62. The molecule has 1 aromatic heterocycles. The van der Waals surface area contributed by atoms with Crippen LogP contribution < -0.4 is 22.3 Å². The first kappa shape index (κ1) is 13.2. The van der Waals surface area contributed by atoms with E-state index in [2.05, 4.69) is 15.7 Å². The molecule has 1 rings (SSSR count). The number of anilines is 1. The lowest BCUT2D eigenvalue weighted by molar-refractivity contribution is -0.117. The van der Waals surface area contributed by atoms with Gasteiger partial charge in [0.1, 0.15) is 0 Å². The number of hydrogen-bond donors (Lipinski definition) is 4. The summed E-state index contributed by atoms with van der Waals surface area (Å²) in [5, 5.41) is 2.74. The number of halogens is 1. The molecule has 0 aliphatic heterocycles. The van der Waals surface area contributed by atoms with Crippen molar-refractivity contribution in [1.29, 1.82) is 0 Å². The average Bonchev–Trinajstić information content (AvgIpc) is 2.28. The van der Waals surface area contributed by atoms with E-state index in [0.29, 0.717) is 0 Å². The van der Waals surface area contributed by atoms with E-state index >= 15 is 0 Å². The Labute approximate surface area is 102 Å². The van der Waals surface area contributed by atoms with E-state index in [-0.39, 0.29) is 35.3 Å². The highest BCUT2D eigenvalue weighted by molar-refractivity contribution is 6.33. The Morgan fingerprint density at radius 3 is 2.71 bits per heavy atom. The van der Waals surface area contributed by atoms with Gasteiger partial charge in [-0.25, -0.2) is 10.8 Å². The standard InChI is InChI=1S/C9H12ClN5O2/c10-6-3-5(4-14-8(6)15-12)9(17)13-2-1-7(11)16/h3-4H,1-2,12H2,(H2,11,16)(H,13,17)(H,14,15). The van der Waals surface area contributed by atoms with Crippen molar-refractivity contribution in [3.63, 3.8) is 0 Å². The van der Waals surface area contributed by atoms with Crippen LogP contribution in [-0.2, 0) is 4.79 Å². The summed E-state index contributed by atoms with van der Waals surface area (Å²) < 4.78 is 0. The molecule has 6 N–H and O–H groups in total. The van der Waals surface area contributed by atoms with Gasteiger partial charge in [0.15, 0.2) is 5.82 Å². The SMILES string of the molecule is NNc1ncc(C(=O)NCCC(N)=O)cc1Cl. The number of hydrogen-bond acceptors (Lipinski definition) is 5. The lowest BCUT2D eigenvalue weighted by Gasteiger charge is -2.06. The number of rotatable bonds is 5. The monoisotopic (exact) mass is 257 g/mol. The van der Waals surface area contributed by atoms with Crippen LogP contribution in [0.3, 0.4) is 0 Å². The minimum Gasteiger partial charge on any atom is -0.370 e. The number of nitrogens with two attached hydrogens (primary N) is 2. The Kier molecular flexibility index (Phi) is 4.68. The Morgan fingerprint density at radius 1 is 1.47 bits per heavy atom. The van der Waals surface area contributed by atoms with Crippen molar-refractivity contribution in [2.75, 3.05) is 12.0 Å². The second-order valence-electron chi connectivity index (χ2n) is 3.17. The zero-order chi connectivity index (χ0) is 12.8. The number of pyridine rings is 1. The number of carbonyl (C=O) groups excluding carboxylic acids is 2. The van der Waals surface area contributed by atoms with Crippen molar-refractivity contribution < 1.29 is 9.59 Å². The van der Waals surface area contributed by atoms with Crippen molar-refractivity contribution in [2.24, 2.45) is 11.6 Å². The maximum atomic E-state index is 11.6. The molecule has 0 aromatic carbocycles. The molecular weight excluding hydrogens is 246 g/mol. The van der Waals surface area contributed by atoms with E-state index in [4.69, 9.17) is 23.2 Å². The summed E-state index contributed by atoms with van der Waals surface area (Å²) in [7, 11) is 0. The molecule has 92 valence electrons. The highest BCUT2D eigenvalue weighted by atomic mass is 35.5. The topological polar surface area (TPSA) is 123 Å². The maximum absolute atomic E-state index is 11.6. The quantitative estimate of drug-likeness (QED) is 0.423. The van der Waals surface area contributed by atoms with E-state index in [0.717, 1.165) is 0 Å². The fourth-order valence-electron chi connectivity index (χ4n) is 1.07. The predicted octanol–water partition coefficient (Wildman–Crippen LogP) is -0.374. The normalized spacial score (nSPS) is 9.76. The second-order valence-corrected chi connectivity index (χ2v) is 3.58. The first-order chi connectivity index (χ1) is 8.04. The highest BCUT2D eigenvalue weighted by Crippen LogP contribution is 2.18. The molecule has 0 bridgehead atoms. The summed E-state index contributed by atoms with van der Waals surface area (Å²) in [5.41, 5.74) is 7.49. The van der Waals surface area contributed by atoms with Crippen molar-refractivity contribution in [3.05, 3.63) is 22.8 Å². The van der Waals surface area contributed by atoms with E-state index in [1.165, 1.54) is 12.3 Å². The number of carbonyl (C=O) groups is 2. The van der Waals surface area contributed by atoms with Gasteiger partial charge in [-0.15, -0.1) is 0 Å². The third-order valence-electron chi connectivity index (χ3n) is 1.90. The molecule has 0 atom stereocenters. The molecular formula is C9H12ClN5O2. The molecule has 17 heavy (non-hydrogen) atoms. The minimum atomic E-state index is -0.482. The van der Waals surface area contributed by atoms with E-state index < -0.39 is 5.91 Å². The van der Waals surface area contributed by atoms with Gasteiger partial charge in [0.2, 0.25) is 5.91 Å². The summed E-state index contributed by atoms with van der Waals surface area (Å²) in [6, 6.07) is 1.42. The largest absolute Gasteiger partial charge is 0.370 e. The molecule has 0 aliphatic carbocycles. The summed E-state index contributed by atoms with van der Waals surface area (Å²) in [4.78, 5) is 25.9. The summed E-state index contributed by atoms with van der Waals surface area (Å²) in [6.07, 6.45) is 1.40. The van der Waals surface area contributed by atoms with Crippen LogP contribution in [0.5, 0.6) is 0 Å². The Bertz CT molecular complexity index is 437. The molecule has 7 nitrogen and oxygen atoms in total. The van der Waals surface area contributed by atoms with Crippen LogP contribution >= 0.6 is 11.6 Å². The van der Waals surface area contributed by atoms with Crippen LogP contribution in [0, 0.1) is 0 Å². The molecule has 1 heterocycles. The van der Waals surface area contributed by atoms with Gasteiger partial charge in [-0.2, -0.15) is 0 Å². The van der Waals surface area contributed by atoms with Gasteiger partial charge in [0.25, 0.3) is 5.91 Å². The average molecular weight is 258 g/mol. The summed E-state index contributed by atoms with van der Waals surface area (Å²) >= 11 is 5.80. The molecule has 0 fully saturated rings. The lowest BCUT2D eigenvalue weighted by Crippen LogP contribution is -2.28. The Hall–Kier alpha value is -1.86. The number of nitrogens with one attached hydrogen (secondary N) is 2. The number of amides is 2. The van der Waals surface area contributed by atoms with Gasteiger partial charge in [-0.1, -0.05) is 11.6 Å². The minimum absolute atomic E-state index is 0.0787. The predicted molar refractivity (Wildman–Crippen MR) is 63.2 cm³/mol. The van der Waals surface area contributed by atoms with Crippen LogP contribution in [0.4, 0.5) is 5.82 Å². The summed E-state index contributed by atoms with van der Waals surface area (Å²) in [6.45, 7) is 0.169. The van der Waals surface area contributed by atoms with Crippen molar-refractivity contribution >= 4 is 29.2 Å². The molecule has 0 saturated carbocycles. The van der Waals surface area contributed by atoms with Gasteiger partial charge in [0.05, 0.1) is 10.6 Å². The number of nitrogens with zero attached hydrogens (tertiary/aromatic N) is 1. The first-order valence-corrected chi connectivity index (χ1v) is 5.11. The van der Waals surface area contributed by atoms with Gasteiger partial charge in [0, 0.05) is 19.2 Å². The third kappa shape index (κ3) is 3.89. The number of primary amides is 1. The molecule has 8 heteroatoms. The van der Waals surface area contributed by atoms with E-state index in [9.17, 15) is 9.59 Å². The smallest absolute Gasteiger partial charge is 0.252 e. The Balaban J connectivity index is 2.63. The molecule has 0 saturated heterocycles. The fraction of sp³-hybridized carbons (Fsp3) is 0.222. The third-order valence-corrected chi connectivity index (χ3v) is 2.19. The first-order valence-electron chi connectivity index (χ1n) is 4.73. The lowest BCUT2D eigenvalue weighted by atomic mass is 10.2. The molecule has 0 unspecified atom stereocenters. The van der Waals surface area contributed by atoms with Crippen LogP contribution in [0.2, 0.25) is 5.02 Å². The van der Waals surface area contributed by atoms with E-state index in [1.54, 1.807) is 0 Å². The van der Waals surface area contributed by atoms with Crippen LogP contribution in [0.15, 0.2) is 12.3 Å². The van der Waals surface area contributed by atoms with Crippen LogP contribution in [0.1, 0.15) is 16.8 Å². The number of nitrogen functional groups attached to an aromatic ring is 1. The van der Waals surface area contributed by atoms with E-state index in [1.807, 2.05) is 0 Å². The van der Waals surface area contributed by atoms with Gasteiger partial charge >= 0.3 is 0 Å². The summed E-state index contributed by atoms with van der Waals surface area (Å²) in [5.74, 6) is 4.55. The zero-order valence-electron chi connectivity index (χ0n) is 8.87. The van der Waals surface area contributed by atoms with Crippen molar-refractivity contribution in [2.45, 2.75) is 6.42 Å². The fourth-order valence-corrected chi connectivity index (χ4v) is 1.29. The molecule has 1 aromatic rings. The second kappa shape index (κ2) is 6.02. The van der Waals surface area contributed by atoms with Crippen LogP contribution in [0.25, 0.3) is 0 Å². The molecule has 0 aliphatic rings. The van der Waals surface area contributed by atoms with Gasteiger partial charge < -0.3 is 16.5 Å². The van der Waals surface area contributed by atoms with Crippen LogP contribution in [-0.4, -0.2) is 23.3 Å². The molecule has 0 radical (unpaired) electrons. The number of aromatic nitrogens is 1. The highest BCUT2D eigenvalue weighted by Gasteiger charge is 2.09. The van der Waals surface area contributed by atoms with Crippen molar-refractivity contribution in [3.8, 4) is 0 Å². The molecule has 2 amide bonds. The molecule has 0 spiro atoms. The Morgan fingerprint density at radius 2 is 2.18 bits per heavy atom. The van der Waals surface area contributed by atoms with Gasteiger partial charge in [-0.05, 0) is 6.07 Å².